The Labute approximate surface area is 75.0 Å². The molecule has 0 unspecified atom stereocenters. The number of rotatable bonds is 1. The van der Waals surface area contributed by atoms with Crippen LogP contribution in [0, 0.1) is 6.92 Å². The van der Waals surface area contributed by atoms with Crippen molar-refractivity contribution in [3.05, 3.63) is 5.82 Å². The number of hydrogen-bond donors (Lipinski definition) is 1. The highest BCUT2D eigenvalue weighted by molar-refractivity contribution is 5.81. The lowest BCUT2D eigenvalue weighted by Crippen LogP contribution is -1.99. The second kappa shape index (κ2) is 2.65. The zero-order chi connectivity index (χ0) is 9.42. The van der Waals surface area contributed by atoms with Crippen molar-refractivity contribution in [1.82, 2.24) is 25.0 Å². The van der Waals surface area contributed by atoms with Crippen LogP contribution in [0.15, 0.2) is 0 Å². The Morgan fingerprint density at radius 1 is 1.31 bits per heavy atom. The van der Waals surface area contributed by atoms with E-state index in [4.69, 9.17) is 0 Å². The summed E-state index contributed by atoms with van der Waals surface area (Å²) in [4.78, 5) is 8.43. The fourth-order valence-corrected chi connectivity index (χ4v) is 1.20. The summed E-state index contributed by atoms with van der Waals surface area (Å²) in [6, 6.07) is 0. The summed E-state index contributed by atoms with van der Waals surface area (Å²) in [5, 5.41) is 10.8. The molecule has 0 aliphatic heterocycles. The maximum atomic E-state index is 4.23. The van der Waals surface area contributed by atoms with E-state index in [9.17, 15) is 0 Å². The number of hydrogen-bond acceptors (Lipinski definition) is 5. The number of fused-ring (bicyclic) bond motifs is 1. The molecule has 0 aliphatic rings. The van der Waals surface area contributed by atoms with E-state index in [-0.39, 0.29) is 0 Å². The average molecular weight is 178 g/mol. The van der Waals surface area contributed by atoms with Gasteiger partial charge in [-0.3, -0.25) is 0 Å². The summed E-state index contributed by atoms with van der Waals surface area (Å²) in [7, 11) is 3.61. The number of aryl methyl sites for hydroxylation is 2. The normalized spacial score (nSPS) is 10.7. The summed E-state index contributed by atoms with van der Waals surface area (Å²) in [6.07, 6.45) is 0. The Balaban J connectivity index is 2.84. The molecule has 0 saturated carbocycles. The minimum absolute atomic E-state index is 0.704. The van der Waals surface area contributed by atoms with Gasteiger partial charge in [-0.1, -0.05) is 5.21 Å². The SMILES string of the molecule is CNc1nc(C)nc2c1nnn2C. The van der Waals surface area contributed by atoms with E-state index in [1.165, 1.54) is 0 Å². The number of anilines is 1. The lowest BCUT2D eigenvalue weighted by molar-refractivity contribution is 0.728. The van der Waals surface area contributed by atoms with Crippen LogP contribution in [-0.2, 0) is 7.05 Å². The topological polar surface area (TPSA) is 68.5 Å². The molecule has 0 saturated heterocycles. The molecule has 68 valence electrons. The first-order valence-corrected chi connectivity index (χ1v) is 3.94. The Hall–Kier alpha value is -1.72. The van der Waals surface area contributed by atoms with Gasteiger partial charge in [0.2, 0.25) is 0 Å². The second-order valence-corrected chi connectivity index (χ2v) is 2.75. The molecular weight excluding hydrogens is 168 g/mol. The fraction of sp³-hybridized carbons (Fsp3) is 0.429. The molecule has 0 fully saturated rings. The molecule has 0 bridgehead atoms. The van der Waals surface area contributed by atoms with E-state index in [0.717, 1.165) is 11.5 Å². The molecule has 6 nitrogen and oxygen atoms in total. The van der Waals surface area contributed by atoms with Crippen LogP contribution in [0.4, 0.5) is 5.82 Å². The molecular formula is C7H10N6. The molecule has 2 heterocycles. The lowest BCUT2D eigenvalue weighted by atomic mass is 10.4. The van der Waals surface area contributed by atoms with Crippen LogP contribution in [-0.4, -0.2) is 32.0 Å². The van der Waals surface area contributed by atoms with E-state index in [1.807, 2.05) is 6.92 Å². The molecule has 6 heteroatoms. The van der Waals surface area contributed by atoms with Crippen molar-refractivity contribution < 1.29 is 0 Å². The highest BCUT2D eigenvalue weighted by Gasteiger charge is 2.09. The smallest absolute Gasteiger partial charge is 0.183 e. The molecule has 2 aromatic rings. The molecule has 2 aromatic heterocycles. The molecule has 0 aromatic carbocycles. The van der Waals surface area contributed by atoms with Gasteiger partial charge >= 0.3 is 0 Å². The molecule has 0 atom stereocenters. The Kier molecular flexibility index (Phi) is 1.61. The van der Waals surface area contributed by atoms with Crippen LogP contribution in [0.1, 0.15) is 5.82 Å². The number of nitrogens with zero attached hydrogens (tertiary/aromatic N) is 5. The van der Waals surface area contributed by atoms with Gasteiger partial charge in [-0.05, 0) is 6.92 Å². The zero-order valence-corrected chi connectivity index (χ0v) is 7.74. The molecule has 0 amide bonds. The van der Waals surface area contributed by atoms with Crippen LogP contribution in [0.5, 0.6) is 0 Å². The summed E-state index contributed by atoms with van der Waals surface area (Å²) in [6.45, 7) is 1.84. The van der Waals surface area contributed by atoms with Crippen molar-refractivity contribution in [1.29, 1.82) is 0 Å². The highest BCUT2D eigenvalue weighted by Crippen LogP contribution is 2.15. The Morgan fingerprint density at radius 3 is 2.77 bits per heavy atom. The first-order valence-electron chi connectivity index (χ1n) is 3.94. The van der Waals surface area contributed by atoms with E-state index in [1.54, 1.807) is 18.8 Å². The van der Waals surface area contributed by atoms with E-state index < -0.39 is 0 Å². The van der Waals surface area contributed by atoms with Gasteiger partial charge in [0.25, 0.3) is 0 Å². The predicted octanol–water partition coefficient (Wildman–Crippen LogP) is 0.108. The fourth-order valence-electron chi connectivity index (χ4n) is 1.20. The van der Waals surface area contributed by atoms with Crippen molar-refractivity contribution in [3.63, 3.8) is 0 Å². The highest BCUT2D eigenvalue weighted by atomic mass is 15.4. The van der Waals surface area contributed by atoms with E-state index in [0.29, 0.717) is 11.3 Å². The van der Waals surface area contributed by atoms with Crippen LogP contribution in [0.25, 0.3) is 11.2 Å². The minimum Gasteiger partial charge on any atom is -0.371 e. The van der Waals surface area contributed by atoms with Gasteiger partial charge < -0.3 is 5.32 Å². The van der Waals surface area contributed by atoms with Crippen molar-refractivity contribution in [3.8, 4) is 0 Å². The van der Waals surface area contributed by atoms with Crippen LogP contribution >= 0.6 is 0 Å². The third kappa shape index (κ3) is 1.10. The third-order valence-electron chi connectivity index (χ3n) is 1.80. The number of aromatic nitrogens is 5. The van der Waals surface area contributed by atoms with Crippen molar-refractivity contribution in [2.24, 2.45) is 7.05 Å². The van der Waals surface area contributed by atoms with Gasteiger partial charge in [0.15, 0.2) is 17.0 Å². The van der Waals surface area contributed by atoms with E-state index in [2.05, 4.69) is 25.6 Å². The predicted molar refractivity (Wildman–Crippen MR) is 48.4 cm³/mol. The summed E-state index contributed by atoms with van der Waals surface area (Å²) >= 11 is 0. The maximum absolute atomic E-state index is 4.23. The lowest BCUT2D eigenvalue weighted by Gasteiger charge is -2.00. The standard InChI is InChI=1S/C7H10N6/c1-4-9-6(8-2)5-7(10-4)13(3)12-11-5/h1-3H3,(H,8,9,10). The Morgan fingerprint density at radius 2 is 2.08 bits per heavy atom. The summed E-state index contributed by atoms with van der Waals surface area (Å²) in [5.41, 5.74) is 1.45. The van der Waals surface area contributed by atoms with Gasteiger partial charge in [-0.15, -0.1) is 5.10 Å². The largest absolute Gasteiger partial charge is 0.371 e. The van der Waals surface area contributed by atoms with Crippen molar-refractivity contribution >= 4 is 17.0 Å². The first kappa shape index (κ1) is 7.90. The minimum atomic E-state index is 0.704. The van der Waals surface area contributed by atoms with Crippen LogP contribution in [0.3, 0.4) is 0 Å². The Bertz CT molecular complexity index is 445. The van der Waals surface area contributed by atoms with Gasteiger partial charge in [0.1, 0.15) is 5.82 Å². The summed E-state index contributed by atoms with van der Waals surface area (Å²) < 4.78 is 1.63. The first-order chi connectivity index (χ1) is 6.22. The van der Waals surface area contributed by atoms with Gasteiger partial charge in [0.05, 0.1) is 0 Å². The third-order valence-corrected chi connectivity index (χ3v) is 1.80. The maximum Gasteiger partial charge on any atom is 0.183 e. The summed E-state index contributed by atoms with van der Waals surface area (Å²) in [5.74, 6) is 1.43. The second-order valence-electron chi connectivity index (χ2n) is 2.75. The quantitative estimate of drug-likeness (QED) is 0.671. The van der Waals surface area contributed by atoms with Crippen LogP contribution < -0.4 is 5.32 Å². The molecule has 1 N–H and O–H groups in total. The zero-order valence-electron chi connectivity index (χ0n) is 7.74. The number of nitrogens with one attached hydrogen (secondary N) is 1. The van der Waals surface area contributed by atoms with Gasteiger partial charge in [-0.25, -0.2) is 14.6 Å². The van der Waals surface area contributed by atoms with Crippen molar-refractivity contribution in [2.45, 2.75) is 6.92 Å². The van der Waals surface area contributed by atoms with Gasteiger partial charge in [0, 0.05) is 14.1 Å². The molecule has 13 heavy (non-hydrogen) atoms. The van der Waals surface area contributed by atoms with Gasteiger partial charge in [-0.2, -0.15) is 0 Å². The van der Waals surface area contributed by atoms with Crippen molar-refractivity contribution in [2.75, 3.05) is 12.4 Å². The van der Waals surface area contributed by atoms with Crippen LogP contribution in [0.2, 0.25) is 0 Å². The average Bonchev–Trinajstić information content (AvgIpc) is 2.47. The molecule has 0 radical (unpaired) electrons. The molecule has 0 aliphatic carbocycles. The monoisotopic (exact) mass is 178 g/mol. The van der Waals surface area contributed by atoms with E-state index >= 15 is 0 Å². The molecule has 2 rings (SSSR count). The molecule has 0 spiro atoms.